The highest BCUT2D eigenvalue weighted by atomic mass is 14.8. The molecular weight excluding hydrogens is 98.1 g/mol. The zero-order chi connectivity index (χ0) is 6.41. The molecule has 0 aliphatic heterocycles. The third-order valence-electron chi connectivity index (χ3n) is 0.690. The molecule has 1 heteroatoms. The minimum atomic E-state index is 0.976. The highest BCUT2D eigenvalue weighted by molar-refractivity contribution is 5.09. The van der Waals surface area contributed by atoms with E-state index in [-0.39, 0.29) is 0 Å². The van der Waals surface area contributed by atoms with E-state index in [9.17, 15) is 0 Å². The van der Waals surface area contributed by atoms with Crippen LogP contribution in [0.25, 0.3) is 0 Å². The maximum absolute atomic E-state index is 3.70. The van der Waals surface area contributed by atoms with Crippen LogP contribution in [0.2, 0.25) is 0 Å². The SMILES string of the molecule is C=C(C)/C=C/NCC. The standard InChI is InChI=1S/C7H13N/c1-4-8-6-5-7(2)3/h5-6,8H,2,4H2,1,3H3/b6-5+. The third kappa shape index (κ3) is 5.28. The fourth-order valence-corrected chi connectivity index (χ4v) is 0.319. The normalized spacial score (nSPS) is 9.75. The van der Waals surface area contributed by atoms with E-state index in [2.05, 4.69) is 18.8 Å². The number of hydrogen-bond donors (Lipinski definition) is 1. The lowest BCUT2D eigenvalue weighted by Gasteiger charge is -1.89. The summed E-state index contributed by atoms with van der Waals surface area (Å²) < 4.78 is 0. The summed E-state index contributed by atoms with van der Waals surface area (Å²) in [5.41, 5.74) is 1.07. The van der Waals surface area contributed by atoms with Crippen LogP contribution in [0.15, 0.2) is 24.4 Å². The maximum Gasteiger partial charge on any atom is 0.0113 e. The van der Waals surface area contributed by atoms with Crippen molar-refractivity contribution in [1.29, 1.82) is 0 Å². The number of hydrogen-bond acceptors (Lipinski definition) is 1. The van der Waals surface area contributed by atoms with Gasteiger partial charge in [-0.05, 0) is 26.1 Å². The Morgan fingerprint density at radius 2 is 2.38 bits per heavy atom. The van der Waals surface area contributed by atoms with Crippen molar-refractivity contribution >= 4 is 0 Å². The van der Waals surface area contributed by atoms with Gasteiger partial charge in [-0.15, -0.1) is 0 Å². The molecule has 0 radical (unpaired) electrons. The highest BCUT2D eigenvalue weighted by Gasteiger charge is 1.69. The van der Waals surface area contributed by atoms with Gasteiger partial charge in [0.25, 0.3) is 0 Å². The molecule has 0 unspecified atom stereocenters. The molecule has 0 atom stereocenters. The second kappa shape index (κ2) is 4.44. The van der Waals surface area contributed by atoms with Gasteiger partial charge in [-0.3, -0.25) is 0 Å². The predicted molar refractivity (Wildman–Crippen MR) is 37.6 cm³/mol. The average Bonchev–Trinajstić information content (AvgIpc) is 1.66. The van der Waals surface area contributed by atoms with Crippen LogP contribution in [0.1, 0.15) is 13.8 Å². The van der Waals surface area contributed by atoms with E-state index < -0.39 is 0 Å². The molecule has 0 saturated carbocycles. The molecule has 1 N–H and O–H groups in total. The molecule has 46 valence electrons. The highest BCUT2D eigenvalue weighted by Crippen LogP contribution is 1.84. The molecule has 0 aliphatic carbocycles. The van der Waals surface area contributed by atoms with Crippen LogP contribution in [0.3, 0.4) is 0 Å². The Hall–Kier alpha value is -0.720. The van der Waals surface area contributed by atoms with Crippen LogP contribution < -0.4 is 5.32 Å². The Labute approximate surface area is 51.1 Å². The van der Waals surface area contributed by atoms with Gasteiger partial charge in [-0.25, -0.2) is 0 Å². The Morgan fingerprint density at radius 1 is 1.75 bits per heavy atom. The molecule has 0 heterocycles. The predicted octanol–water partition coefficient (Wildman–Crippen LogP) is 1.69. The third-order valence-corrected chi connectivity index (χ3v) is 0.690. The Morgan fingerprint density at radius 3 is 2.75 bits per heavy atom. The van der Waals surface area contributed by atoms with E-state index in [1.165, 1.54) is 0 Å². The first-order valence-corrected chi connectivity index (χ1v) is 2.82. The summed E-state index contributed by atoms with van der Waals surface area (Å²) in [5.74, 6) is 0. The van der Waals surface area contributed by atoms with Gasteiger partial charge in [-0.2, -0.15) is 0 Å². The van der Waals surface area contributed by atoms with E-state index in [4.69, 9.17) is 0 Å². The van der Waals surface area contributed by atoms with Crippen molar-refractivity contribution < 1.29 is 0 Å². The first-order chi connectivity index (χ1) is 3.77. The fourth-order valence-electron chi connectivity index (χ4n) is 0.319. The van der Waals surface area contributed by atoms with Gasteiger partial charge in [-0.1, -0.05) is 12.2 Å². The number of rotatable bonds is 3. The molecular formula is C7H13N. The summed E-state index contributed by atoms with van der Waals surface area (Å²) in [6, 6.07) is 0. The monoisotopic (exact) mass is 111 g/mol. The topological polar surface area (TPSA) is 12.0 Å². The second-order valence-electron chi connectivity index (χ2n) is 1.74. The van der Waals surface area contributed by atoms with Gasteiger partial charge in [0.15, 0.2) is 0 Å². The average molecular weight is 111 g/mol. The first kappa shape index (κ1) is 7.28. The van der Waals surface area contributed by atoms with Crippen LogP contribution in [0, 0.1) is 0 Å². The lowest BCUT2D eigenvalue weighted by atomic mass is 10.3. The summed E-state index contributed by atoms with van der Waals surface area (Å²) >= 11 is 0. The van der Waals surface area contributed by atoms with Crippen molar-refractivity contribution in [3.8, 4) is 0 Å². The molecule has 0 amide bonds. The quantitative estimate of drug-likeness (QED) is 0.546. The Balaban J connectivity index is 3.20. The molecule has 1 nitrogen and oxygen atoms in total. The first-order valence-electron chi connectivity index (χ1n) is 2.82. The van der Waals surface area contributed by atoms with Crippen LogP contribution in [-0.2, 0) is 0 Å². The Bertz CT molecular complexity index is 92.6. The Kier molecular flexibility index (Phi) is 4.04. The van der Waals surface area contributed by atoms with Crippen molar-refractivity contribution in [2.75, 3.05) is 6.54 Å². The maximum atomic E-state index is 3.70. The summed E-state index contributed by atoms with van der Waals surface area (Å²) in [6.07, 6.45) is 3.85. The van der Waals surface area contributed by atoms with Crippen LogP contribution in [-0.4, -0.2) is 6.54 Å². The molecule has 0 aromatic carbocycles. The lowest BCUT2D eigenvalue weighted by Crippen LogP contribution is -2.01. The van der Waals surface area contributed by atoms with E-state index in [1.807, 2.05) is 19.2 Å². The molecule has 0 aromatic heterocycles. The van der Waals surface area contributed by atoms with Crippen molar-refractivity contribution in [2.45, 2.75) is 13.8 Å². The van der Waals surface area contributed by atoms with E-state index in [0.29, 0.717) is 0 Å². The summed E-state index contributed by atoms with van der Waals surface area (Å²) in [6.45, 7) is 8.70. The smallest absolute Gasteiger partial charge is 0.0113 e. The van der Waals surface area contributed by atoms with E-state index >= 15 is 0 Å². The minimum Gasteiger partial charge on any atom is -0.391 e. The molecule has 0 aromatic rings. The van der Waals surface area contributed by atoms with Gasteiger partial charge >= 0.3 is 0 Å². The summed E-state index contributed by atoms with van der Waals surface area (Å²) in [4.78, 5) is 0. The zero-order valence-electron chi connectivity index (χ0n) is 5.57. The molecule has 0 saturated heterocycles. The van der Waals surface area contributed by atoms with Gasteiger partial charge in [0.1, 0.15) is 0 Å². The molecule has 0 rings (SSSR count). The van der Waals surface area contributed by atoms with Gasteiger partial charge in [0.05, 0.1) is 0 Å². The van der Waals surface area contributed by atoms with Crippen molar-refractivity contribution in [3.63, 3.8) is 0 Å². The van der Waals surface area contributed by atoms with Crippen LogP contribution in [0.5, 0.6) is 0 Å². The van der Waals surface area contributed by atoms with Crippen LogP contribution in [0.4, 0.5) is 0 Å². The zero-order valence-corrected chi connectivity index (χ0v) is 5.57. The summed E-state index contributed by atoms with van der Waals surface area (Å²) in [7, 11) is 0. The van der Waals surface area contributed by atoms with Crippen molar-refractivity contribution in [2.24, 2.45) is 0 Å². The molecule has 0 spiro atoms. The minimum absolute atomic E-state index is 0.976. The van der Waals surface area contributed by atoms with Crippen molar-refractivity contribution in [1.82, 2.24) is 5.32 Å². The molecule has 0 aliphatic rings. The van der Waals surface area contributed by atoms with E-state index in [0.717, 1.165) is 12.1 Å². The number of nitrogens with one attached hydrogen (secondary N) is 1. The molecule has 8 heavy (non-hydrogen) atoms. The molecule has 0 bridgehead atoms. The summed E-state index contributed by atoms with van der Waals surface area (Å²) in [5, 5.41) is 3.04. The van der Waals surface area contributed by atoms with Crippen molar-refractivity contribution in [3.05, 3.63) is 24.4 Å². The second-order valence-corrected chi connectivity index (χ2v) is 1.74. The van der Waals surface area contributed by atoms with Gasteiger partial charge in [0.2, 0.25) is 0 Å². The fraction of sp³-hybridized carbons (Fsp3) is 0.429. The van der Waals surface area contributed by atoms with Gasteiger partial charge in [0, 0.05) is 6.54 Å². The lowest BCUT2D eigenvalue weighted by molar-refractivity contribution is 0.918. The largest absolute Gasteiger partial charge is 0.391 e. The van der Waals surface area contributed by atoms with Gasteiger partial charge < -0.3 is 5.32 Å². The number of allylic oxidation sites excluding steroid dienone is 2. The van der Waals surface area contributed by atoms with Crippen LogP contribution >= 0.6 is 0 Å². The molecule has 0 fully saturated rings. The van der Waals surface area contributed by atoms with E-state index in [1.54, 1.807) is 0 Å².